The van der Waals surface area contributed by atoms with E-state index in [-0.39, 0.29) is 0 Å². The molecule has 0 radical (unpaired) electrons. The third-order valence-electron chi connectivity index (χ3n) is 3.36. The van der Waals surface area contributed by atoms with Crippen molar-refractivity contribution >= 4 is 0 Å². The van der Waals surface area contributed by atoms with E-state index < -0.39 is 0 Å². The summed E-state index contributed by atoms with van der Waals surface area (Å²) >= 11 is 0. The first kappa shape index (κ1) is 13.5. The summed E-state index contributed by atoms with van der Waals surface area (Å²) in [4.78, 5) is 6.52. The molecule has 18 heavy (non-hydrogen) atoms. The van der Waals surface area contributed by atoms with Crippen LogP contribution in [0.2, 0.25) is 0 Å². The van der Waals surface area contributed by atoms with Gasteiger partial charge in [-0.1, -0.05) is 6.07 Å². The van der Waals surface area contributed by atoms with E-state index in [2.05, 4.69) is 28.3 Å². The molecule has 1 N–H and O–H groups in total. The van der Waals surface area contributed by atoms with Crippen molar-refractivity contribution < 1.29 is 4.74 Å². The smallest absolute Gasteiger partial charge is 0.0620 e. The van der Waals surface area contributed by atoms with Gasteiger partial charge in [-0.25, -0.2) is 0 Å². The van der Waals surface area contributed by atoms with Gasteiger partial charge in [-0.05, 0) is 38.1 Å². The Morgan fingerprint density at radius 2 is 2.44 bits per heavy atom. The van der Waals surface area contributed by atoms with Crippen molar-refractivity contribution in [1.29, 1.82) is 0 Å². The van der Waals surface area contributed by atoms with Crippen LogP contribution in [0.3, 0.4) is 0 Å². The number of ether oxygens (including phenoxy) is 1. The Kier molecular flexibility index (Phi) is 5.58. The van der Waals surface area contributed by atoms with E-state index in [1.807, 2.05) is 18.5 Å². The van der Waals surface area contributed by atoms with Gasteiger partial charge in [-0.2, -0.15) is 0 Å². The molecule has 1 fully saturated rings. The third-order valence-corrected chi connectivity index (χ3v) is 3.36. The fraction of sp³-hybridized carbons (Fsp3) is 0.643. The van der Waals surface area contributed by atoms with Crippen molar-refractivity contribution in [3.8, 4) is 0 Å². The molecule has 1 atom stereocenters. The maximum Gasteiger partial charge on any atom is 0.0620 e. The average molecular weight is 249 g/mol. The molecule has 1 aromatic rings. The fourth-order valence-electron chi connectivity index (χ4n) is 2.16. The van der Waals surface area contributed by atoms with E-state index in [0.717, 1.165) is 45.7 Å². The Morgan fingerprint density at radius 1 is 1.50 bits per heavy atom. The third kappa shape index (κ3) is 4.72. The topological polar surface area (TPSA) is 37.4 Å². The van der Waals surface area contributed by atoms with E-state index in [4.69, 9.17) is 4.74 Å². The number of aromatic nitrogens is 1. The quantitative estimate of drug-likeness (QED) is 0.814. The maximum atomic E-state index is 5.45. The summed E-state index contributed by atoms with van der Waals surface area (Å²) in [6.45, 7) is 4.90. The van der Waals surface area contributed by atoms with Gasteiger partial charge in [0.15, 0.2) is 0 Å². The minimum absolute atomic E-state index is 0.527. The lowest BCUT2D eigenvalue weighted by atomic mass is 10.1. The van der Waals surface area contributed by atoms with Crippen LogP contribution in [0.15, 0.2) is 24.5 Å². The molecule has 0 aliphatic carbocycles. The number of hydrogen-bond acceptors (Lipinski definition) is 4. The molecule has 2 rings (SSSR count). The highest BCUT2D eigenvalue weighted by molar-refractivity contribution is 5.08. The van der Waals surface area contributed by atoms with Crippen LogP contribution in [0.5, 0.6) is 0 Å². The van der Waals surface area contributed by atoms with E-state index >= 15 is 0 Å². The number of rotatable bonds is 6. The highest BCUT2D eigenvalue weighted by Crippen LogP contribution is 2.02. The van der Waals surface area contributed by atoms with Gasteiger partial charge in [0.1, 0.15) is 0 Å². The number of likely N-dealkylation sites (N-methyl/N-ethyl adjacent to an activating group) is 1. The second-order valence-corrected chi connectivity index (χ2v) is 4.93. The number of nitrogens with one attached hydrogen (secondary N) is 1. The number of hydrogen-bond donors (Lipinski definition) is 1. The van der Waals surface area contributed by atoms with Crippen LogP contribution in [-0.4, -0.2) is 55.8 Å². The second-order valence-electron chi connectivity index (χ2n) is 4.93. The molecule has 1 unspecified atom stereocenters. The van der Waals surface area contributed by atoms with E-state index in [0.29, 0.717) is 6.04 Å². The van der Waals surface area contributed by atoms with Gasteiger partial charge in [-0.3, -0.25) is 4.98 Å². The van der Waals surface area contributed by atoms with Crippen LogP contribution in [0.4, 0.5) is 0 Å². The van der Waals surface area contributed by atoms with E-state index in [9.17, 15) is 0 Å². The summed E-state index contributed by atoms with van der Waals surface area (Å²) in [6.07, 6.45) is 5.99. The zero-order chi connectivity index (χ0) is 12.6. The molecule has 0 spiro atoms. The van der Waals surface area contributed by atoms with Crippen molar-refractivity contribution in [2.24, 2.45) is 0 Å². The summed E-state index contributed by atoms with van der Waals surface area (Å²) in [5.41, 5.74) is 1.31. The minimum atomic E-state index is 0.527. The van der Waals surface area contributed by atoms with Crippen LogP contribution in [0, 0.1) is 0 Å². The summed E-state index contributed by atoms with van der Waals surface area (Å²) in [5.74, 6) is 0. The predicted octanol–water partition coefficient (Wildman–Crippen LogP) is 0.934. The molecule has 0 saturated carbocycles. The largest absolute Gasteiger partial charge is 0.379 e. The lowest BCUT2D eigenvalue weighted by Gasteiger charge is -2.26. The number of pyridine rings is 1. The average Bonchev–Trinajstić information content (AvgIpc) is 2.45. The van der Waals surface area contributed by atoms with Crippen LogP contribution in [0.25, 0.3) is 0 Å². The maximum absolute atomic E-state index is 5.45. The van der Waals surface area contributed by atoms with E-state index in [1.165, 1.54) is 5.56 Å². The number of nitrogens with zero attached hydrogens (tertiary/aromatic N) is 2. The molecule has 1 aliphatic rings. The highest BCUT2D eigenvalue weighted by atomic mass is 16.5. The molecule has 2 heterocycles. The molecular formula is C14H23N3O. The Labute approximate surface area is 109 Å². The molecule has 0 amide bonds. The molecule has 0 aromatic carbocycles. The normalized spacial score (nSPS) is 20.2. The van der Waals surface area contributed by atoms with Gasteiger partial charge in [0, 0.05) is 31.5 Å². The van der Waals surface area contributed by atoms with Crippen molar-refractivity contribution in [1.82, 2.24) is 15.2 Å². The first-order valence-electron chi connectivity index (χ1n) is 6.73. The van der Waals surface area contributed by atoms with E-state index in [1.54, 1.807) is 0 Å². The molecule has 1 aliphatic heterocycles. The monoisotopic (exact) mass is 249 g/mol. The summed E-state index contributed by atoms with van der Waals surface area (Å²) in [7, 11) is 2.18. The number of morpholine rings is 1. The molecule has 4 nitrogen and oxygen atoms in total. The molecular weight excluding hydrogens is 226 g/mol. The fourth-order valence-corrected chi connectivity index (χ4v) is 2.16. The second kappa shape index (κ2) is 7.46. The molecule has 1 aromatic heterocycles. The molecule has 1 saturated heterocycles. The van der Waals surface area contributed by atoms with Crippen LogP contribution in [0.1, 0.15) is 12.0 Å². The van der Waals surface area contributed by atoms with Crippen LogP contribution < -0.4 is 5.32 Å². The van der Waals surface area contributed by atoms with Crippen LogP contribution >= 0.6 is 0 Å². The minimum Gasteiger partial charge on any atom is -0.379 e. The Hall–Kier alpha value is -0.970. The zero-order valence-corrected chi connectivity index (χ0v) is 11.1. The molecule has 0 bridgehead atoms. The van der Waals surface area contributed by atoms with Crippen molar-refractivity contribution in [2.45, 2.75) is 18.9 Å². The lowest BCUT2D eigenvalue weighted by molar-refractivity contribution is 0.0711. The van der Waals surface area contributed by atoms with Crippen molar-refractivity contribution in [3.05, 3.63) is 30.1 Å². The van der Waals surface area contributed by atoms with Crippen molar-refractivity contribution in [3.63, 3.8) is 0 Å². The Balaban J connectivity index is 1.61. The van der Waals surface area contributed by atoms with Gasteiger partial charge in [0.05, 0.1) is 13.2 Å². The van der Waals surface area contributed by atoms with Gasteiger partial charge < -0.3 is 15.0 Å². The standard InChI is InChI=1S/C14H23N3O/c1-17(8-4-13-3-2-6-15-11-13)9-5-14-12-18-10-7-16-14/h2-3,6,11,14,16H,4-5,7-10,12H2,1H3. The highest BCUT2D eigenvalue weighted by Gasteiger charge is 2.13. The van der Waals surface area contributed by atoms with Crippen LogP contribution in [-0.2, 0) is 11.2 Å². The first-order chi connectivity index (χ1) is 8.84. The summed E-state index contributed by atoms with van der Waals surface area (Å²) in [5, 5.41) is 3.49. The van der Waals surface area contributed by atoms with Gasteiger partial charge >= 0.3 is 0 Å². The van der Waals surface area contributed by atoms with Gasteiger partial charge in [0.25, 0.3) is 0 Å². The molecule has 4 heteroatoms. The predicted molar refractivity (Wildman–Crippen MR) is 72.7 cm³/mol. The lowest BCUT2D eigenvalue weighted by Crippen LogP contribution is -2.43. The molecule has 100 valence electrons. The van der Waals surface area contributed by atoms with Gasteiger partial charge in [-0.15, -0.1) is 0 Å². The Bertz CT molecular complexity index is 325. The summed E-state index contributed by atoms with van der Waals surface area (Å²) < 4.78 is 5.45. The van der Waals surface area contributed by atoms with Crippen molar-refractivity contribution in [2.75, 3.05) is 39.9 Å². The Morgan fingerprint density at radius 3 is 3.17 bits per heavy atom. The summed E-state index contributed by atoms with van der Waals surface area (Å²) in [6, 6.07) is 4.66. The zero-order valence-electron chi connectivity index (χ0n) is 11.1. The van der Waals surface area contributed by atoms with Gasteiger partial charge in [0.2, 0.25) is 0 Å². The first-order valence-corrected chi connectivity index (χ1v) is 6.73. The SMILES string of the molecule is CN(CCc1cccnc1)CCC1COCCN1.